The van der Waals surface area contributed by atoms with E-state index in [0.29, 0.717) is 56.9 Å². The van der Waals surface area contributed by atoms with Gasteiger partial charge in [0.25, 0.3) is 0 Å². The maximum absolute atomic E-state index is 13.9. The highest BCUT2D eigenvalue weighted by molar-refractivity contribution is 5.83. The third-order valence-electron chi connectivity index (χ3n) is 5.66. The highest BCUT2D eigenvalue weighted by Gasteiger charge is 2.40. The first kappa shape index (κ1) is 22.7. The molecule has 2 aromatic rings. The molecule has 0 aliphatic carbocycles. The van der Waals surface area contributed by atoms with E-state index < -0.39 is 5.41 Å². The normalized spacial score (nSPS) is 15.2. The van der Waals surface area contributed by atoms with E-state index in [-0.39, 0.29) is 17.6 Å². The summed E-state index contributed by atoms with van der Waals surface area (Å²) in [5.74, 6) is 0.102. The zero-order valence-corrected chi connectivity index (χ0v) is 18.0. The van der Waals surface area contributed by atoms with E-state index in [4.69, 9.17) is 9.47 Å². The molecule has 2 aromatic carbocycles. The molecule has 0 atom stereocenters. The standard InChI is InChI=1S/C24H29FN2O4/c1-17(28)26-10-11-27-23(29)24(8-12-31-13-9-24)16-18-4-3-5-19(14-18)21-15-20(25)6-7-22(21)30-2/h3-7,14-15H,8-13,16H2,1-2H3,(H,26,28)(H,27,29). The lowest BCUT2D eigenvalue weighted by Crippen LogP contribution is -2.47. The molecular weight excluding hydrogens is 399 g/mol. The van der Waals surface area contributed by atoms with Crippen LogP contribution in [-0.4, -0.2) is 45.2 Å². The minimum atomic E-state index is -0.584. The summed E-state index contributed by atoms with van der Waals surface area (Å²) >= 11 is 0. The Balaban J connectivity index is 1.81. The predicted molar refractivity (Wildman–Crippen MR) is 116 cm³/mol. The monoisotopic (exact) mass is 428 g/mol. The zero-order valence-electron chi connectivity index (χ0n) is 18.0. The summed E-state index contributed by atoms with van der Waals surface area (Å²) in [5.41, 5.74) is 1.91. The fourth-order valence-electron chi connectivity index (χ4n) is 3.99. The Morgan fingerprint density at radius 2 is 1.84 bits per heavy atom. The van der Waals surface area contributed by atoms with Gasteiger partial charge in [-0.25, -0.2) is 4.39 Å². The molecule has 0 spiro atoms. The maximum atomic E-state index is 13.9. The van der Waals surface area contributed by atoms with Crippen LogP contribution in [0, 0.1) is 11.2 Å². The summed E-state index contributed by atoms with van der Waals surface area (Å²) in [6.07, 6.45) is 1.78. The second-order valence-corrected chi connectivity index (χ2v) is 7.85. The molecule has 7 heteroatoms. The fourth-order valence-corrected chi connectivity index (χ4v) is 3.99. The number of amides is 2. The van der Waals surface area contributed by atoms with Gasteiger partial charge in [0.05, 0.1) is 12.5 Å². The van der Waals surface area contributed by atoms with Gasteiger partial charge in [-0.15, -0.1) is 0 Å². The maximum Gasteiger partial charge on any atom is 0.226 e. The molecule has 2 amide bonds. The van der Waals surface area contributed by atoms with Crippen LogP contribution in [-0.2, 0) is 20.7 Å². The molecule has 1 fully saturated rings. The molecule has 2 N–H and O–H groups in total. The SMILES string of the molecule is COc1ccc(F)cc1-c1cccc(CC2(C(=O)NCCNC(C)=O)CCOCC2)c1. The van der Waals surface area contributed by atoms with E-state index >= 15 is 0 Å². The Bertz CT molecular complexity index is 926. The van der Waals surface area contributed by atoms with Gasteiger partial charge in [0.15, 0.2) is 0 Å². The van der Waals surface area contributed by atoms with Crippen molar-refractivity contribution in [1.29, 1.82) is 0 Å². The minimum absolute atomic E-state index is 0.0325. The first-order valence-corrected chi connectivity index (χ1v) is 10.5. The van der Waals surface area contributed by atoms with Gasteiger partial charge in [-0.2, -0.15) is 0 Å². The van der Waals surface area contributed by atoms with Crippen LogP contribution in [0.15, 0.2) is 42.5 Å². The molecule has 1 heterocycles. The molecule has 0 unspecified atom stereocenters. The minimum Gasteiger partial charge on any atom is -0.496 e. The lowest BCUT2D eigenvalue weighted by molar-refractivity contribution is -0.136. The van der Waals surface area contributed by atoms with Gasteiger partial charge in [0, 0.05) is 38.8 Å². The van der Waals surface area contributed by atoms with Gasteiger partial charge in [0.2, 0.25) is 11.8 Å². The second-order valence-electron chi connectivity index (χ2n) is 7.85. The first-order chi connectivity index (χ1) is 14.9. The highest BCUT2D eigenvalue weighted by Crippen LogP contribution is 2.37. The number of benzene rings is 2. The number of halogens is 1. The summed E-state index contributed by atoms with van der Waals surface area (Å²) in [6, 6.07) is 12.2. The molecule has 0 bridgehead atoms. The predicted octanol–water partition coefficient (Wildman–Crippen LogP) is 3.09. The lowest BCUT2D eigenvalue weighted by atomic mass is 9.74. The molecule has 6 nitrogen and oxygen atoms in total. The fraction of sp³-hybridized carbons (Fsp3) is 0.417. The smallest absolute Gasteiger partial charge is 0.226 e. The van der Waals surface area contributed by atoms with Crippen molar-refractivity contribution in [1.82, 2.24) is 10.6 Å². The van der Waals surface area contributed by atoms with Gasteiger partial charge in [-0.1, -0.05) is 24.3 Å². The van der Waals surface area contributed by atoms with Gasteiger partial charge in [0.1, 0.15) is 11.6 Å². The Kier molecular flexibility index (Phi) is 7.63. The van der Waals surface area contributed by atoms with Crippen LogP contribution in [0.1, 0.15) is 25.3 Å². The van der Waals surface area contributed by atoms with Gasteiger partial charge >= 0.3 is 0 Å². The Morgan fingerprint density at radius 3 is 2.55 bits per heavy atom. The first-order valence-electron chi connectivity index (χ1n) is 10.5. The van der Waals surface area contributed by atoms with Crippen molar-refractivity contribution in [3.63, 3.8) is 0 Å². The third kappa shape index (κ3) is 5.82. The highest BCUT2D eigenvalue weighted by atomic mass is 19.1. The Labute approximate surface area is 182 Å². The topological polar surface area (TPSA) is 76.7 Å². The molecule has 1 aliphatic heterocycles. The molecule has 0 aromatic heterocycles. The van der Waals surface area contributed by atoms with Crippen molar-refractivity contribution in [3.8, 4) is 16.9 Å². The van der Waals surface area contributed by atoms with Crippen LogP contribution in [0.2, 0.25) is 0 Å². The summed E-state index contributed by atoms with van der Waals surface area (Å²) in [5, 5.41) is 5.65. The molecule has 1 aliphatic rings. The largest absolute Gasteiger partial charge is 0.496 e. The average molecular weight is 429 g/mol. The summed E-state index contributed by atoms with van der Waals surface area (Å²) < 4.78 is 24.8. The van der Waals surface area contributed by atoms with Crippen molar-refractivity contribution in [3.05, 3.63) is 53.8 Å². The molecule has 3 rings (SSSR count). The lowest BCUT2D eigenvalue weighted by Gasteiger charge is -2.36. The molecule has 1 saturated heterocycles. The second kappa shape index (κ2) is 10.4. The van der Waals surface area contributed by atoms with Gasteiger partial charge < -0.3 is 20.1 Å². The number of rotatable bonds is 8. The van der Waals surface area contributed by atoms with Gasteiger partial charge in [-0.05, 0) is 48.6 Å². The number of ether oxygens (including phenoxy) is 2. The number of nitrogens with one attached hydrogen (secondary N) is 2. The van der Waals surface area contributed by atoms with Crippen LogP contribution in [0.3, 0.4) is 0 Å². The van der Waals surface area contributed by atoms with Crippen molar-refractivity contribution in [2.75, 3.05) is 33.4 Å². The van der Waals surface area contributed by atoms with Crippen molar-refractivity contribution in [2.24, 2.45) is 5.41 Å². The van der Waals surface area contributed by atoms with Crippen LogP contribution < -0.4 is 15.4 Å². The van der Waals surface area contributed by atoms with E-state index in [2.05, 4.69) is 10.6 Å². The summed E-state index contributed by atoms with van der Waals surface area (Å²) in [7, 11) is 1.56. The van der Waals surface area contributed by atoms with E-state index in [0.717, 1.165) is 11.1 Å². The van der Waals surface area contributed by atoms with E-state index in [1.165, 1.54) is 19.1 Å². The summed E-state index contributed by atoms with van der Waals surface area (Å²) in [6.45, 7) is 3.26. The number of carbonyl (C=O) groups is 2. The molecule has 0 radical (unpaired) electrons. The van der Waals surface area contributed by atoms with E-state index in [1.54, 1.807) is 13.2 Å². The van der Waals surface area contributed by atoms with Gasteiger partial charge in [-0.3, -0.25) is 9.59 Å². The van der Waals surface area contributed by atoms with E-state index in [1.807, 2.05) is 24.3 Å². The van der Waals surface area contributed by atoms with Crippen LogP contribution >= 0.6 is 0 Å². The number of methoxy groups -OCH3 is 1. The number of hydrogen-bond acceptors (Lipinski definition) is 4. The van der Waals surface area contributed by atoms with Crippen molar-refractivity contribution >= 4 is 11.8 Å². The van der Waals surface area contributed by atoms with Crippen LogP contribution in [0.5, 0.6) is 5.75 Å². The third-order valence-corrected chi connectivity index (χ3v) is 5.66. The molecular formula is C24H29FN2O4. The Hall–Kier alpha value is -2.93. The number of hydrogen-bond donors (Lipinski definition) is 2. The van der Waals surface area contributed by atoms with Crippen molar-refractivity contribution in [2.45, 2.75) is 26.2 Å². The number of carbonyl (C=O) groups excluding carboxylic acids is 2. The van der Waals surface area contributed by atoms with Crippen LogP contribution in [0.25, 0.3) is 11.1 Å². The molecule has 31 heavy (non-hydrogen) atoms. The van der Waals surface area contributed by atoms with Crippen LogP contribution in [0.4, 0.5) is 4.39 Å². The Morgan fingerprint density at radius 1 is 1.10 bits per heavy atom. The molecule has 166 valence electrons. The quantitative estimate of drug-likeness (QED) is 0.634. The average Bonchev–Trinajstić information content (AvgIpc) is 2.77. The summed E-state index contributed by atoms with van der Waals surface area (Å²) in [4.78, 5) is 24.2. The van der Waals surface area contributed by atoms with E-state index in [9.17, 15) is 14.0 Å². The molecule has 0 saturated carbocycles. The zero-order chi connectivity index (χ0) is 22.3. The van der Waals surface area contributed by atoms with Crippen molar-refractivity contribution < 1.29 is 23.5 Å².